The highest BCUT2D eigenvalue weighted by Gasteiger charge is 2.12. The predicted molar refractivity (Wildman–Crippen MR) is 80.7 cm³/mol. The largest absolute Gasteiger partial charge is 0.497 e. The van der Waals surface area contributed by atoms with E-state index in [1.54, 1.807) is 43.0 Å². The zero-order chi connectivity index (χ0) is 15.7. The number of aromatic nitrogens is 2. The molecule has 0 aliphatic rings. The van der Waals surface area contributed by atoms with Crippen LogP contribution in [0.5, 0.6) is 11.5 Å². The van der Waals surface area contributed by atoms with E-state index in [0.29, 0.717) is 22.8 Å². The Morgan fingerprint density at radius 2 is 1.95 bits per heavy atom. The summed E-state index contributed by atoms with van der Waals surface area (Å²) in [4.78, 5) is 15.5. The Morgan fingerprint density at radius 1 is 1.14 bits per heavy atom. The molecule has 2 heterocycles. The van der Waals surface area contributed by atoms with E-state index in [0.717, 1.165) is 5.56 Å². The van der Waals surface area contributed by atoms with Crippen molar-refractivity contribution in [2.24, 2.45) is 0 Å². The molecule has 0 bridgehead atoms. The summed E-state index contributed by atoms with van der Waals surface area (Å²) in [6.07, 6.45) is 3.29. The lowest BCUT2D eigenvalue weighted by atomic mass is 10.1. The Hall–Kier alpha value is -3.02. The zero-order valence-corrected chi connectivity index (χ0v) is 12.1. The Balaban J connectivity index is 2.15. The van der Waals surface area contributed by atoms with Crippen LogP contribution in [0.15, 0.2) is 42.7 Å². The van der Waals surface area contributed by atoms with Crippen LogP contribution in [0.3, 0.4) is 0 Å². The van der Waals surface area contributed by atoms with Crippen LogP contribution in [0.1, 0.15) is 10.4 Å². The van der Waals surface area contributed by atoms with Crippen LogP contribution in [0.4, 0.5) is 0 Å². The molecule has 0 spiro atoms. The third-order valence-corrected chi connectivity index (χ3v) is 3.38. The number of pyridine rings is 1. The van der Waals surface area contributed by atoms with Gasteiger partial charge in [-0.15, -0.1) is 0 Å². The number of hydrogen-bond acceptors (Lipinski definition) is 4. The standard InChI is InChI=1S/C16H14N2O4/c1-21-11-4-5-14(22-2)12(7-11)13-9-18-8-10(16(19)20)3-6-15(18)17-13/h3-9H,1-2H3,(H,19,20). The number of benzene rings is 1. The van der Waals surface area contributed by atoms with E-state index in [1.807, 2.05) is 6.07 Å². The molecule has 0 radical (unpaired) electrons. The summed E-state index contributed by atoms with van der Waals surface area (Å²) in [5.41, 5.74) is 2.32. The van der Waals surface area contributed by atoms with Gasteiger partial charge in [0.25, 0.3) is 0 Å². The first kappa shape index (κ1) is 13.9. The summed E-state index contributed by atoms with van der Waals surface area (Å²) in [6.45, 7) is 0. The first-order chi connectivity index (χ1) is 10.6. The van der Waals surface area contributed by atoms with E-state index in [1.165, 1.54) is 12.3 Å². The maximum atomic E-state index is 11.0. The second kappa shape index (κ2) is 5.40. The monoisotopic (exact) mass is 298 g/mol. The van der Waals surface area contributed by atoms with Gasteiger partial charge in [0.1, 0.15) is 17.1 Å². The summed E-state index contributed by atoms with van der Waals surface area (Å²) in [5, 5.41) is 9.05. The average molecular weight is 298 g/mol. The Morgan fingerprint density at radius 3 is 2.64 bits per heavy atom. The minimum Gasteiger partial charge on any atom is -0.497 e. The predicted octanol–water partition coefficient (Wildman–Crippen LogP) is 2.72. The lowest BCUT2D eigenvalue weighted by Crippen LogP contribution is -1.97. The molecule has 1 aromatic carbocycles. The fourth-order valence-corrected chi connectivity index (χ4v) is 2.26. The second-order valence-electron chi connectivity index (χ2n) is 4.68. The highest BCUT2D eigenvalue weighted by Crippen LogP contribution is 2.32. The van der Waals surface area contributed by atoms with Crippen molar-refractivity contribution in [1.29, 1.82) is 0 Å². The van der Waals surface area contributed by atoms with Crippen LogP contribution in [0.25, 0.3) is 16.9 Å². The van der Waals surface area contributed by atoms with Crippen LogP contribution < -0.4 is 9.47 Å². The molecule has 3 aromatic rings. The van der Waals surface area contributed by atoms with E-state index >= 15 is 0 Å². The van der Waals surface area contributed by atoms with Crippen molar-refractivity contribution in [2.45, 2.75) is 0 Å². The van der Waals surface area contributed by atoms with Crippen LogP contribution in [0.2, 0.25) is 0 Å². The maximum absolute atomic E-state index is 11.0. The van der Waals surface area contributed by atoms with Gasteiger partial charge < -0.3 is 19.0 Å². The minimum absolute atomic E-state index is 0.203. The number of fused-ring (bicyclic) bond motifs is 1. The highest BCUT2D eigenvalue weighted by molar-refractivity contribution is 5.87. The van der Waals surface area contributed by atoms with Gasteiger partial charge in [0, 0.05) is 18.0 Å². The molecular formula is C16H14N2O4. The quantitative estimate of drug-likeness (QED) is 0.801. The first-order valence-corrected chi connectivity index (χ1v) is 6.57. The molecule has 22 heavy (non-hydrogen) atoms. The molecule has 3 rings (SSSR count). The van der Waals surface area contributed by atoms with Gasteiger partial charge in [0.2, 0.25) is 0 Å². The van der Waals surface area contributed by atoms with E-state index in [-0.39, 0.29) is 5.56 Å². The van der Waals surface area contributed by atoms with Crippen molar-refractivity contribution < 1.29 is 19.4 Å². The van der Waals surface area contributed by atoms with Crippen LogP contribution in [-0.4, -0.2) is 34.7 Å². The number of carboxylic acids is 1. The Bertz CT molecular complexity index is 854. The molecule has 1 N–H and O–H groups in total. The normalized spacial score (nSPS) is 10.6. The number of aromatic carboxylic acids is 1. The lowest BCUT2D eigenvalue weighted by Gasteiger charge is -2.08. The molecule has 0 saturated carbocycles. The minimum atomic E-state index is -0.976. The molecule has 0 unspecified atom stereocenters. The van der Waals surface area contributed by atoms with E-state index in [4.69, 9.17) is 14.6 Å². The number of rotatable bonds is 4. The van der Waals surface area contributed by atoms with Crippen molar-refractivity contribution in [3.05, 3.63) is 48.3 Å². The second-order valence-corrected chi connectivity index (χ2v) is 4.68. The molecule has 0 aliphatic carbocycles. The van der Waals surface area contributed by atoms with Crippen LogP contribution >= 0.6 is 0 Å². The SMILES string of the molecule is COc1ccc(OC)c(-c2cn3cc(C(=O)O)ccc3n2)c1. The smallest absolute Gasteiger partial charge is 0.337 e. The molecule has 112 valence electrons. The third-order valence-electron chi connectivity index (χ3n) is 3.38. The number of nitrogens with zero attached hydrogens (tertiary/aromatic N) is 2. The number of imidazole rings is 1. The summed E-state index contributed by atoms with van der Waals surface area (Å²) in [6, 6.07) is 8.64. The average Bonchev–Trinajstić information content (AvgIpc) is 2.96. The van der Waals surface area contributed by atoms with Crippen molar-refractivity contribution in [3.8, 4) is 22.8 Å². The number of carboxylic acid groups (broad SMARTS) is 1. The van der Waals surface area contributed by atoms with Crippen LogP contribution in [0, 0.1) is 0 Å². The fourth-order valence-electron chi connectivity index (χ4n) is 2.26. The summed E-state index contributed by atoms with van der Waals surface area (Å²) in [5.74, 6) is 0.387. The van der Waals surface area contributed by atoms with Gasteiger partial charge in [-0.1, -0.05) is 0 Å². The number of ether oxygens (including phenoxy) is 2. The van der Waals surface area contributed by atoms with Gasteiger partial charge in [-0.05, 0) is 30.3 Å². The van der Waals surface area contributed by atoms with E-state index in [2.05, 4.69) is 4.98 Å². The molecular weight excluding hydrogens is 284 g/mol. The third kappa shape index (κ3) is 2.35. The molecule has 0 aliphatic heterocycles. The van der Waals surface area contributed by atoms with Crippen LogP contribution in [-0.2, 0) is 0 Å². The van der Waals surface area contributed by atoms with Gasteiger partial charge in [-0.25, -0.2) is 9.78 Å². The molecule has 6 heteroatoms. The number of methoxy groups -OCH3 is 2. The van der Waals surface area contributed by atoms with Gasteiger partial charge in [0.05, 0.1) is 25.5 Å². The molecule has 0 saturated heterocycles. The molecule has 0 amide bonds. The van der Waals surface area contributed by atoms with Crippen molar-refractivity contribution in [1.82, 2.24) is 9.38 Å². The van der Waals surface area contributed by atoms with Crippen molar-refractivity contribution >= 4 is 11.6 Å². The number of carbonyl (C=O) groups is 1. The van der Waals surface area contributed by atoms with E-state index in [9.17, 15) is 4.79 Å². The highest BCUT2D eigenvalue weighted by atomic mass is 16.5. The van der Waals surface area contributed by atoms with Gasteiger partial charge in [-0.2, -0.15) is 0 Å². The van der Waals surface area contributed by atoms with Crippen molar-refractivity contribution in [2.75, 3.05) is 14.2 Å². The first-order valence-electron chi connectivity index (χ1n) is 6.57. The summed E-state index contributed by atoms with van der Waals surface area (Å²) < 4.78 is 12.3. The topological polar surface area (TPSA) is 73.1 Å². The van der Waals surface area contributed by atoms with Gasteiger partial charge in [-0.3, -0.25) is 0 Å². The fraction of sp³-hybridized carbons (Fsp3) is 0.125. The van der Waals surface area contributed by atoms with E-state index < -0.39 is 5.97 Å². The molecule has 2 aromatic heterocycles. The maximum Gasteiger partial charge on any atom is 0.337 e. The van der Waals surface area contributed by atoms with Gasteiger partial charge in [0.15, 0.2) is 0 Å². The molecule has 0 atom stereocenters. The van der Waals surface area contributed by atoms with Gasteiger partial charge >= 0.3 is 5.97 Å². The Kier molecular flexibility index (Phi) is 3.42. The lowest BCUT2D eigenvalue weighted by molar-refractivity contribution is 0.0696. The summed E-state index contributed by atoms with van der Waals surface area (Å²) >= 11 is 0. The zero-order valence-electron chi connectivity index (χ0n) is 12.1. The Labute approximate surface area is 126 Å². The molecule has 0 fully saturated rings. The summed E-state index contributed by atoms with van der Waals surface area (Å²) in [7, 11) is 3.18. The van der Waals surface area contributed by atoms with Crippen molar-refractivity contribution in [3.63, 3.8) is 0 Å². The number of hydrogen-bond donors (Lipinski definition) is 1. The molecule has 6 nitrogen and oxygen atoms in total.